The highest BCUT2D eigenvalue weighted by molar-refractivity contribution is 5.50. The second kappa shape index (κ2) is 5.95. The first-order chi connectivity index (χ1) is 10.1. The number of phenolic OH excluding ortho intramolecular Hbond substituents is 1. The number of nitrogens with one attached hydrogen (secondary N) is 1. The lowest BCUT2D eigenvalue weighted by atomic mass is 9.97. The summed E-state index contributed by atoms with van der Waals surface area (Å²) in [4.78, 5) is 2.35. The maximum Gasteiger partial charge on any atom is 0.120 e. The normalized spacial score (nSPS) is 28.9. The van der Waals surface area contributed by atoms with E-state index in [0.717, 1.165) is 38.2 Å². The van der Waals surface area contributed by atoms with Crippen LogP contribution >= 0.6 is 0 Å². The second-order valence-corrected chi connectivity index (χ2v) is 6.52. The first-order valence-electron chi connectivity index (χ1n) is 7.93. The Morgan fingerprint density at radius 1 is 1.38 bits per heavy atom. The summed E-state index contributed by atoms with van der Waals surface area (Å²) < 4.78 is 5.81. The summed E-state index contributed by atoms with van der Waals surface area (Å²) in [7, 11) is 2.15. The average Bonchev–Trinajstić information content (AvgIpc) is 2.83. The summed E-state index contributed by atoms with van der Waals surface area (Å²) in [6.07, 6.45) is 1.32. The minimum Gasteiger partial charge on any atom is -0.508 e. The molecule has 0 saturated carbocycles. The van der Waals surface area contributed by atoms with Gasteiger partial charge in [0.2, 0.25) is 0 Å². The van der Waals surface area contributed by atoms with Crippen LogP contribution in [0.2, 0.25) is 0 Å². The molecule has 21 heavy (non-hydrogen) atoms. The molecule has 4 nitrogen and oxygen atoms in total. The molecule has 1 saturated heterocycles. The molecule has 116 valence electrons. The largest absolute Gasteiger partial charge is 0.508 e. The fraction of sp³-hybridized carbons (Fsp3) is 0.647. The Morgan fingerprint density at radius 3 is 2.90 bits per heavy atom. The Bertz CT molecular complexity index is 512. The lowest BCUT2D eigenvalue weighted by Crippen LogP contribution is -2.45. The number of hydrogen-bond donors (Lipinski definition) is 2. The Morgan fingerprint density at radius 2 is 2.19 bits per heavy atom. The Kier molecular flexibility index (Phi) is 4.20. The van der Waals surface area contributed by atoms with E-state index in [-0.39, 0.29) is 6.10 Å². The van der Waals surface area contributed by atoms with E-state index in [1.807, 2.05) is 12.1 Å². The molecular weight excluding hydrogens is 264 g/mol. The molecular formula is C17H26N2O2. The highest BCUT2D eigenvalue weighted by Gasteiger charge is 2.35. The molecule has 3 unspecified atom stereocenters. The standard InChI is InChI=1S/C17H26N2O2/c1-11-4-5-15(20)17-14(8-12(2)16(11)17)19(3)10-13-9-18-6-7-21-13/h4-5,12-14,18,20H,6-10H2,1-3H3. The molecule has 1 aromatic carbocycles. The van der Waals surface area contributed by atoms with Gasteiger partial charge in [0.05, 0.1) is 12.7 Å². The second-order valence-electron chi connectivity index (χ2n) is 6.52. The van der Waals surface area contributed by atoms with E-state index in [1.165, 1.54) is 11.1 Å². The molecule has 1 fully saturated rings. The van der Waals surface area contributed by atoms with Gasteiger partial charge in [0, 0.05) is 31.2 Å². The number of ether oxygens (including phenoxy) is 1. The molecule has 3 rings (SSSR count). The van der Waals surface area contributed by atoms with Crippen molar-refractivity contribution in [2.24, 2.45) is 0 Å². The number of aromatic hydroxyl groups is 1. The Balaban J connectivity index is 1.80. The average molecular weight is 290 g/mol. The fourth-order valence-electron chi connectivity index (χ4n) is 3.89. The predicted octanol–water partition coefficient (Wildman–Crippen LogP) is 2.17. The van der Waals surface area contributed by atoms with Crippen LogP contribution in [0.15, 0.2) is 12.1 Å². The van der Waals surface area contributed by atoms with Gasteiger partial charge in [-0.15, -0.1) is 0 Å². The van der Waals surface area contributed by atoms with E-state index >= 15 is 0 Å². The van der Waals surface area contributed by atoms with Crippen LogP contribution in [0.4, 0.5) is 0 Å². The number of rotatable bonds is 3. The number of nitrogens with zero attached hydrogens (tertiary/aromatic N) is 1. The van der Waals surface area contributed by atoms with Crippen LogP contribution in [0.1, 0.15) is 42.0 Å². The van der Waals surface area contributed by atoms with E-state index in [0.29, 0.717) is 17.7 Å². The molecule has 0 amide bonds. The zero-order chi connectivity index (χ0) is 15.0. The predicted molar refractivity (Wildman–Crippen MR) is 83.9 cm³/mol. The van der Waals surface area contributed by atoms with Crippen molar-refractivity contribution in [3.8, 4) is 5.75 Å². The van der Waals surface area contributed by atoms with Gasteiger partial charge in [-0.25, -0.2) is 0 Å². The molecule has 2 aliphatic rings. The number of aryl methyl sites for hydroxylation is 1. The molecule has 1 aromatic rings. The molecule has 2 N–H and O–H groups in total. The SMILES string of the molecule is Cc1ccc(O)c2c1C(C)CC2N(C)CC1CNCCO1. The smallest absolute Gasteiger partial charge is 0.120 e. The first-order valence-corrected chi connectivity index (χ1v) is 7.93. The molecule has 1 aliphatic heterocycles. The first kappa shape index (κ1) is 14.8. The van der Waals surface area contributed by atoms with Gasteiger partial charge in [0.25, 0.3) is 0 Å². The van der Waals surface area contributed by atoms with Crippen molar-refractivity contribution in [2.75, 3.05) is 33.3 Å². The maximum atomic E-state index is 10.3. The van der Waals surface area contributed by atoms with Gasteiger partial charge < -0.3 is 15.2 Å². The summed E-state index contributed by atoms with van der Waals surface area (Å²) in [5.74, 6) is 0.949. The van der Waals surface area contributed by atoms with Gasteiger partial charge >= 0.3 is 0 Å². The number of likely N-dealkylation sites (N-methyl/N-ethyl adjacent to an activating group) is 1. The van der Waals surface area contributed by atoms with Crippen molar-refractivity contribution in [1.29, 1.82) is 0 Å². The lowest BCUT2D eigenvalue weighted by molar-refractivity contribution is 0.00228. The van der Waals surface area contributed by atoms with Crippen LogP contribution in [0.25, 0.3) is 0 Å². The number of morpholine rings is 1. The van der Waals surface area contributed by atoms with Gasteiger partial charge in [0.15, 0.2) is 0 Å². The minimum absolute atomic E-state index is 0.245. The summed E-state index contributed by atoms with van der Waals surface area (Å²) in [6, 6.07) is 4.16. The molecule has 0 spiro atoms. The maximum absolute atomic E-state index is 10.3. The molecule has 1 heterocycles. The molecule has 0 radical (unpaired) electrons. The van der Waals surface area contributed by atoms with Crippen molar-refractivity contribution in [3.05, 3.63) is 28.8 Å². The highest BCUT2D eigenvalue weighted by atomic mass is 16.5. The van der Waals surface area contributed by atoms with Crippen molar-refractivity contribution in [2.45, 2.75) is 38.3 Å². The molecule has 3 atom stereocenters. The molecule has 4 heteroatoms. The van der Waals surface area contributed by atoms with Gasteiger partial charge in [-0.2, -0.15) is 0 Å². The number of fused-ring (bicyclic) bond motifs is 1. The highest BCUT2D eigenvalue weighted by Crippen LogP contribution is 2.48. The Hall–Kier alpha value is -1.10. The van der Waals surface area contributed by atoms with Crippen LogP contribution < -0.4 is 5.32 Å². The third-order valence-electron chi connectivity index (χ3n) is 4.91. The van der Waals surface area contributed by atoms with Crippen LogP contribution in [0, 0.1) is 6.92 Å². The topological polar surface area (TPSA) is 44.7 Å². The zero-order valence-electron chi connectivity index (χ0n) is 13.2. The number of hydrogen-bond acceptors (Lipinski definition) is 4. The summed E-state index contributed by atoms with van der Waals surface area (Å²) >= 11 is 0. The van der Waals surface area contributed by atoms with Gasteiger partial charge in [-0.1, -0.05) is 13.0 Å². The quantitative estimate of drug-likeness (QED) is 0.895. The molecule has 0 bridgehead atoms. The van der Waals surface area contributed by atoms with Crippen molar-refractivity contribution >= 4 is 0 Å². The summed E-state index contributed by atoms with van der Waals surface area (Å²) in [5, 5.41) is 13.7. The third kappa shape index (κ3) is 2.80. The van der Waals surface area contributed by atoms with Crippen molar-refractivity contribution in [3.63, 3.8) is 0 Å². The van der Waals surface area contributed by atoms with Gasteiger partial charge in [-0.05, 0) is 43.5 Å². The monoisotopic (exact) mass is 290 g/mol. The third-order valence-corrected chi connectivity index (χ3v) is 4.91. The van der Waals surface area contributed by atoms with Crippen molar-refractivity contribution in [1.82, 2.24) is 10.2 Å². The minimum atomic E-state index is 0.245. The van der Waals surface area contributed by atoms with Gasteiger partial charge in [-0.3, -0.25) is 4.90 Å². The van der Waals surface area contributed by atoms with Crippen LogP contribution in [-0.2, 0) is 4.74 Å². The van der Waals surface area contributed by atoms with E-state index in [1.54, 1.807) is 0 Å². The van der Waals surface area contributed by atoms with E-state index in [9.17, 15) is 5.11 Å². The lowest BCUT2D eigenvalue weighted by Gasteiger charge is -2.32. The van der Waals surface area contributed by atoms with E-state index < -0.39 is 0 Å². The van der Waals surface area contributed by atoms with Crippen LogP contribution in [0.3, 0.4) is 0 Å². The van der Waals surface area contributed by atoms with Crippen LogP contribution in [-0.4, -0.2) is 49.4 Å². The number of phenols is 1. The zero-order valence-corrected chi connectivity index (χ0v) is 13.2. The van der Waals surface area contributed by atoms with Crippen molar-refractivity contribution < 1.29 is 9.84 Å². The molecule has 0 aromatic heterocycles. The van der Waals surface area contributed by atoms with Crippen LogP contribution in [0.5, 0.6) is 5.75 Å². The fourth-order valence-corrected chi connectivity index (χ4v) is 3.89. The molecule has 1 aliphatic carbocycles. The summed E-state index contributed by atoms with van der Waals surface area (Å²) in [5.41, 5.74) is 3.77. The Labute approximate surface area is 127 Å². The number of benzene rings is 1. The van der Waals surface area contributed by atoms with Gasteiger partial charge in [0.1, 0.15) is 5.75 Å². The van der Waals surface area contributed by atoms with E-state index in [4.69, 9.17) is 4.74 Å². The van der Waals surface area contributed by atoms with E-state index in [2.05, 4.69) is 31.1 Å². The summed E-state index contributed by atoms with van der Waals surface area (Å²) in [6.45, 7) is 7.96.